The number of fused-ring (bicyclic) bond motifs is 1. The number of H-pyrrole nitrogens is 1. The van der Waals surface area contributed by atoms with Gasteiger partial charge in [-0.25, -0.2) is 9.97 Å². The van der Waals surface area contributed by atoms with Gasteiger partial charge in [-0.05, 0) is 54.1 Å². The highest BCUT2D eigenvalue weighted by atomic mass is 35.5. The van der Waals surface area contributed by atoms with E-state index in [1.165, 1.54) is 6.33 Å². The number of aromatic amines is 1. The summed E-state index contributed by atoms with van der Waals surface area (Å²) in [6, 6.07) is 16.7. The van der Waals surface area contributed by atoms with E-state index >= 15 is 0 Å². The molecule has 0 aliphatic rings. The van der Waals surface area contributed by atoms with Crippen molar-refractivity contribution in [2.75, 3.05) is 11.9 Å². The molecule has 0 saturated carbocycles. The number of nitrogens with zero attached hydrogens (tertiary/aromatic N) is 2. The van der Waals surface area contributed by atoms with Crippen LogP contribution in [0.2, 0.25) is 5.02 Å². The summed E-state index contributed by atoms with van der Waals surface area (Å²) >= 11 is 6.05. The van der Waals surface area contributed by atoms with Crippen molar-refractivity contribution in [2.24, 2.45) is 5.73 Å². The fraction of sp³-hybridized carbons (Fsp3) is 0.0500. The molecule has 2 aromatic heterocycles. The lowest BCUT2D eigenvalue weighted by atomic mass is 10.1. The number of ether oxygens (including phenoxy) is 1. The van der Waals surface area contributed by atoms with Gasteiger partial charge in [0.1, 0.15) is 23.5 Å². The molecule has 0 spiro atoms. The van der Waals surface area contributed by atoms with Gasteiger partial charge in [0.2, 0.25) is 0 Å². The summed E-state index contributed by atoms with van der Waals surface area (Å²) in [7, 11) is 0. The third-order valence-corrected chi connectivity index (χ3v) is 4.29. The molecule has 4 aromatic rings. The molecule has 8 heteroatoms. The molecular weight excluding hydrogens is 378 g/mol. The summed E-state index contributed by atoms with van der Waals surface area (Å²) in [6.07, 6.45) is 1.50. The summed E-state index contributed by atoms with van der Waals surface area (Å²) in [4.78, 5) is 22.7. The molecule has 4 N–H and O–H groups in total. The number of amides is 1. The predicted octanol–water partition coefficient (Wildman–Crippen LogP) is 3.89. The van der Waals surface area contributed by atoms with Gasteiger partial charge in [-0.15, -0.1) is 0 Å². The van der Waals surface area contributed by atoms with Gasteiger partial charge in [0.05, 0.1) is 5.39 Å². The standard InChI is InChI=1S/C20H16ClN5O2/c21-13-2-1-3-14(8-13)25-19-16-9-17(26-20(16)24-11-23-19)12-4-6-15(7-5-12)28-10-18(22)27/h1-9,11H,10H2,(H2,22,27)(H2,23,24,25,26). The highest BCUT2D eigenvalue weighted by molar-refractivity contribution is 6.30. The Kier molecular flexibility index (Phi) is 4.82. The van der Waals surface area contributed by atoms with Crippen LogP contribution in [0.3, 0.4) is 0 Å². The van der Waals surface area contributed by atoms with E-state index in [1.54, 1.807) is 12.1 Å². The second-order valence-corrected chi connectivity index (χ2v) is 6.52. The van der Waals surface area contributed by atoms with E-state index in [0.29, 0.717) is 22.2 Å². The van der Waals surface area contributed by atoms with Crippen LogP contribution >= 0.6 is 11.6 Å². The largest absolute Gasteiger partial charge is 0.484 e. The number of anilines is 2. The summed E-state index contributed by atoms with van der Waals surface area (Å²) in [5.74, 6) is 0.732. The minimum Gasteiger partial charge on any atom is -0.484 e. The van der Waals surface area contributed by atoms with Gasteiger partial charge in [-0.1, -0.05) is 17.7 Å². The second kappa shape index (κ2) is 7.58. The Balaban J connectivity index is 1.62. The zero-order valence-electron chi connectivity index (χ0n) is 14.6. The fourth-order valence-corrected chi connectivity index (χ4v) is 2.97. The molecule has 0 fully saturated rings. The van der Waals surface area contributed by atoms with Gasteiger partial charge in [0.15, 0.2) is 6.61 Å². The van der Waals surface area contributed by atoms with Crippen LogP contribution in [0, 0.1) is 0 Å². The first-order valence-electron chi connectivity index (χ1n) is 8.46. The number of hydrogen-bond donors (Lipinski definition) is 3. The number of primary amides is 1. The summed E-state index contributed by atoms with van der Waals surface area (Å²) in [6.45, 7) is -0.153. The van der Waals surface area contributed by atoms with Crippen LogP contribution in [-0.4, -0.2) is 27.5 Å². The number of rotatable bonds is 6. The third kappa shape index (κ3) is 3.89. The SMILES string of the molecule is NC(=O)COc1ccc(-c2cc3c(Nc4cccc(Cl)c4)ncnc3[nH]2)cc1. The van der Waals surface area contributed by atoms with Crippen LogP contribution in [-0.2, 0) is 4.79 Å². The maximum absolute atomic E-state index is 10.8. The first kappa shape index (κ1) is 17.8. The quantitative estimate of drug-likeness (QED) is 0.461. The van der Waals surface area contributed by atoms with Crippen molar-refractivity contribution in [3.8, 4) is 17.0 Å². The first-order valence-corrected chi connectivity index (χ1v) is 8.84. The lowest BCUT2D eigenvalue weighted by molar-refractivity contribution is -0.119. The monoisotopic (exact) mass is 393 g/mol. The van der Waals surface area contributed by atoms with Gasteiger partial charge in [-0.3, -0.25) is 4.79 Å². The van der Waals surface area contributed by atoms with E-state index in [4.69, 9.17) is 22.1 Å². The molecule has 0 atom stereocenters. The molecule has 7 nitrogen and oxygen atoms in total. The van der Waals surface area contributed by atoms with E-state index < -0.39 is 5.91 Å². The summed E-state index contributed by atoms with van der Waals surface area (Å²) in [5.41, 5.74) is 8.46. The van der Waals surface area contributed by atoms with Crippen LogP contribution < -0.4 is 15.8 Å². The van der Waals surface area contributed by atoms with Crippen molar-refractivity contribution in [2.45, 2.75) is 0 Å². The van der Waals surface area contributed by atoms with Crippen molar-refractivity contribution in [1.29, 1.82) is 0 Å². The van der Waals surface area contributed by atoms with Gasteiger partial charge in [0, 0.05) is 16.4 Å². The minimum absolute atomic E-state index is 0.153. The van der Waals surface area contributed by atoms with Gasteiger partial charge in [-0.2, -0.15) is 0 Å². The molecule has 0 radical (unpaired) electrons. The number of carbonyl (C=O) groups is 1. The number of carbonyl (C=O) groups excluding carboxylic acids is 1. The van der Waals surface area contributed by atoms with Crippen LogP contribution in [0.1, 0.15) is 0 Å². The van der Waals surface area contributed by atoms with E-state index in [1.807, 2.05) is 42.5 Å². The number of nitrogens with one attached hydrogen (secondary N) is 2. The third-order valence-electron chi connectivity index (χ3n) is 4.06. The molecule has 2 aromatic carbocycles. The van der Waals surface area contributed by atoms with Crippen molar-refractivity contribution in [3.63, 3.8) is 0 Å². The van der Waals surface area contributed by atoms with Gasteiger partial charge < -0.3 is 20.8 Å². The van der Waals surface area contributed by atoms with Crippen molar-refractivity contribution >= 4 is 40.0 Å². The summed E-state index contributed by atoms with van der Waals surface area (Å²) < 4.78 is 5.28. The van der Waals surface area contributed by atoms with Crippen LogP contribution in [0.15, 0.2) is 60.9 Å². The number of benzene rings is 2. The van der Waals surface area contributed by atoms with E-state index in [0.717, 1.165) is 22.3 Å². The molecule has 0 bridgehead atoms. The lowest BCUT2D eigenvalue weighted by Crippen LogP contribution is -2.19. The zero-order chi connectivity index (χ0) is 19.5. The van der Waals surface area contributed by atoms with Crippen LogP contribution in [0.5, 0.6) is 5.75 Å². The molecule has 140 valence electrons. The lowest BCUT2D eigenvalue weighted by Gasteiger charge is -2.06. The first-order chi connectivity index (χ1) is 13.6. The Bertz CT molecular complexity index is 1140. The van der Waals surface area contributed by atoms with E-state index in [-0.39, 0.29) is 6.61 Å². The molecule has 0 saturated heterocycles. The summed E-state index contributed by atoms with van der Waals surface area (Å²) in [5, 5.41) is 4.77. The molecule has 0 unspecified atom stereocenters. The minimum atomic E-state index is -0.516. The Morgan fingerprint density at radius 1 is 1.14 bits per heavy atom. The van der Waals surface area contributed by atoms with Crippen molar-refractivity contribution < 1.29 is 9.53 Å². The van der Waals surface area contributed by atoms with Gasteiger partial charge in [0.25, 0.3) is 5.91 Å². The zero-order valence-corrected chi connectivity index (χ0v) is 15.4. The molecule has 2 heterocycles. The molecule has 1 amide bonds. The predicted molar refractivity (Wildman–Crippen MR) is 109 cm³/mol. The van der Waals surface area contributed by atoms with Crippen molar-refractivity contribution in [1.82, 2.24) is 15.0 Å². The Hall–Kier alpha value is -3.58. The molecular formula is C20H16ClN5O2. The second-order valence-electron chi connectivity index (χ2n) is 6.08. The molecule has 0 aliphatic carbocycles. The Morgan fingerprint density at radius 3 is 2.71 bits per heavy atom. The van der Waals surface area contributed by atoms with E-state index in [2.05, 4.69) is 20.3 Å². The fourth-order valence-electron chi connectivity index (χ4n) is 2.78. The average Bonchev–Trinajstić information content (AvgIpc) is 3.12. The number of halogens is 1. The number of hydrogen-bond acceptors (Lipinski definition) is 5. The molecule has 4 rings (SSSR count). The Labute approximate surface area is 165 Å². The van der Waals surface area contributed by atoms with E-state index in [9.17, 15) is 4.79 Å². The molecule has 28 heavy (non-hydrogen) atoms. The Morgan fingerprint density at radius 2 is 1.96 bits per heavy atom. The highest BCUT2D eigenvalue weighted by Crippen LogP contribution is 2.29. The van der Waals surface area contributed by atoms with Crippen molar-refractivity contribution in [3.05, 3.63) is 65.9 Å². The average molecular weight is 394 g/mol. The maximum Gasteiger partial charge on any atom is 0.255 e. The normalized spacial score (nSPS) is 10.8. The van der Waals surface area contributed by atoms with Crippen LogP contribution in [0.4, 0.5) is 11.5 Å². The smallest absolute Gasteiger partial charge is 0.255 e. The van der Waals surface area contributed by atoms with Gasteiger partial charge >= 0.3 is 0 Å². The highest BCUT2D eigenvalue weighted by Gasteiger charge is 2.10. The number of aromatic nitrogens is 3. The van der Waals surface area contributed by atoms with Crippen LogP contribution in [0.25, 0.3) is 22.3 Å². The maximum atomic E-state index is 10.8. The topological polar surface area (TPSA) is 106 Å². The number of nitrogens with two attached hydrogens (primary N) is 1. The molecule has 0 aliphatic heterocycles.